The summed E-state index contributed by atoms with van der Waals surface area (Å²) >= 11 is 0. The summed E-state index contributed by atoms with van der Waals surface area (Å²) < 4.78 is 11.0. The standard InChI is InChI=1S/C25H24O4/c26-24(22-13-5-9-18-7-1-3-11-20(18)22)15-28-17-29-16-25(27)23-14-6-10-19-8-2-4-12-21(19)23/h1-14,24-27H,15-17H2. The van der Waals surface area contributed by atoms with Crippen molar-refractivity contribution < 1.29 is 19.7 Å². The van der Waals surface area contributed by atoms with Crippen LogP contribution < -0.4 is 0 Å². The minimum absolute atomic E-state index is 0.00362. The van der Waals surface area contributed by atoms with Gasteiger partial charge in [-0.15, -0.1) is 0 Å². The van der Waals surface area contributed by atoms with E-state index in [1.807, 2.05) is 84.9 Å². The van der Waals surface area contributed by atoms with E-state index in [9.17, 15) is 10.2 Å². The van der Waals surface area contributed by atoms with Crippen molar-refractivity contribution in [2.75, 3.05) is 20.0 Å². The zero-order valence-electron chi connectivity index (χ0n) is 16.1. The molecule has 29 heavy (non-hydrogen) atoms. The molecule has 2 N–H and O–H groups in total. The Morgan fingerprint density at radius 3 is 1.45 bits per heavy atom. The van der Waals surface area contributed by atoms with Crippen molar-refractivity contribution in [3.63, 3.8) is 0 Å². The minimum Gasteiger partial charge on any atom is -0.386 e. The van der Waals surface area contributed by atoms with E-state index in [2.05, 4.69) is 0 Å². The van der Waals surface area contributed by atoms with Gasteiger partial charge < -0.3 is 19.7 Å². The molecule has 0 radical (unpaired) electrons. The highest BCUT2D eigenvalue weighted by atomic mass is 16.7. The minimum atomic E-state index is -0.743. The first-order chi connectivity index (χ1) is 14.2. The Labute approximate surface area is 169 Å². The smallest absolute Gasteiger partial charge is 0.147 e. The summed E-state index contributed by atoms with van der Waals surface area (Å²) in [6, 6.07) is 27.6. The number of aliphatic hydroxyl groups is 2. The second kappa shape index (κ2) is 9.16. The normalized spacial score (nSPS) is 13.6. The summed E-state index contributed by atoms with van der Waals surface area (Å²) in [4.78, 5) is 0. The van der Waals surface area contributed by atoms with Gasteiger partial charge in [-0.05, 0) is 32.7 Å². The van der Waals surface area contributed by atoms with Gasteiger partial charge in [-0.1, -0.05) is 84.9 Å². The molecule has 4 aromatic rings. The van der Waals surface area contributed by atoms with E-state index in [0.717, 1.165) is 32.7 Å². The van der Waals surface area contributed by atoms with Gasteiger partial charge in [0.1, 0.15) is 19.0 Å². The molecule has 2 unspecified atom stereocenters. The fourth-order valence-electron chi connectivity index (χ4n) is 3.64. The second-order valence-corrected chi connectivity index (χ2v) is 7.03. The summed E-state index contributed by atoms with van der Waals surface area (Å²) in [5.41, 5.74) is 1.66. The van der Waals surface area contributed by atoms with Crippen molar-refractivity contribution in [2.24, 2.45) is 0 Å². The maximum absolute atomic E-state index is 10.5. The SMILES string of the molecule is OC(COCOCC(O)c1cccc2ccccc12)c1cccc2ccccc12. The first-order valence-corrected chi connectivity index (χ1v) is 9.71. The number of aliphatic hydroxyl groups excluding tert-OH is 2. The van der Waals surface area contributed by atoms with Gasteiger partial charge in [-0.2, -0.15) is 0 Å². The fourth-order valence-corrected chi connectivity index (χ4v) is 3.64. The van der Waals surface area contributed by atoms with Crippen LogP contribution in [-0.4, -0.2) is 30.2 Å². The molecule has 0 aromatic heterocycles. The quantitative estimate of drug-likeness (QED) is 0.338. The van der Waals surface area contributed by atoms with Crippen LogP contribution in [-0.2, 0) is 9.47 Å². The molecule has 0 aliphatic heterocycles. The largest absolute Gasteiger partial charge is 0.386 e. The van der Waals surface area contributed by atoms with Gasteiger partial charge in [-0.3, -0.25) is 0 Å². The topological polar surface area (TPSA) is 58.9 Å². The Hall–Kier alpha value is -2.76. The maximum Gasteiger partial charge on any atom is 0.147 e. The summed E-state index contributed by atoms with van der Waals surface area (Å²) in [5, 5.41) is 25.2. The molecule has 4 aromatic carbocycles. The Morgan fingerprint density at radius 1 is 0.552 bits per heavy atom. The Balaban J connectivity index is 1.29. The van der Waals surface area contributed by atoms with Gasteiger partial charge in [0.2, 0.25) is 0 Å². The van der Waals surface area contributed by atoms with Crippen LogP contribution in [0.3, 0.4) is 0 Å². The predicted molar refractivity (Wildman–Crippen MR) is 115 cm³/mol. The number of benzene rings is 4. The third-order valence-electron chi connectivity index (χ3n) is 5.08. The van der Waals surface area contributed by atoms with Crippen LogP contribution in [0, 0.1) is 0 Å². The van der Waals surface area contributed by atoms with Crippen LogP contribution in [0.15, 0.2) is 84.9 Å². The Bertz CT molecular complexity index is 994. The molecule has 0 spiro atoms. The van der Waals surface area contributed by atoms with Crippen LogP contribution in [0.25, 0.3) is 21.5 Å². The first-order valence-electron chi connectivity index (χ1n) is 9.71. The van der Waals surface area contributed by atoms with E-state index in [1.165, 1.54) is 0 Å². The predicted octanol–water partition coefficient (Wildman–Crippen LogP) is 4.75. The zero-order chi connectivity index (χ0) is 20.1. The lowest BCUT2D eigenvalue weighted by Crippen LogP contribution is -2.13. The molecule has 4 nitrogen and oxygen atoms in total. The molecule has 4 heteroatoms. The fraction of sp³-hybridized carbons (Fsp3) is 0.200. The molecule has 2 atom stereocenters. The highest BCUT2D eigenvalue weighted by Crippen LogP contribution is 2.25. The summed E-state index contributed by atoms with van der Waals surface area (Å²) in [6.07, 6.45) is -1.49. The zero-order valence-corrected chi connectivity index (χ0v) is 16.1. The number of rotatable bonds is 8. The molecule has 148 valence electrons. The van der Waals surface area contributed by atoms with Gasteiger partial charge in [0.05, 0.1) is 13.2 Å². The van der Waals surface area contributed by atoms with E-state index < -0.39 is 12.2 Å². The molecule has 4 rings (SSSR count). The molecule has 0 aliphatic carbocycles. The molecule has 0 bridgehead atoms. The molecule has 0 aliphatic rings. The molecule has 0 saturated carbocycles. The highest BCUT2D eigenvalue weighted by molar-refractivity contribution is 5.86. The summed E-state index contributed by atoms with van der Waals surface area (Å²) in [6.45, 7) is 0.250. The summed E-state index contributed by atoms with van der Waals surface area (Å²) in [5.74, 6) is 0. The van der Waals surface area contributed by atoms with Crippen LogP contribution in [0.4, 0.5) is 0 Å². The van der Waals surface area contributed by atoms with Crippen molar-refractivity contribution >= 4 is 21.5 Å². The monoisotopic (exact) mass is 388 g/mol. The van der Waals surface area contributed by atoms with Crippen molar-refractivity contribution in [3.8, 4) is 0 Å². The van der Waals surface area contributed by atoms with E-state index in [4.69, 9.17) is 9.47 Å². The molecule has 0 heterocycles. The molecule has 0 amide bonds. The number of hydrogen-bond donors (Lipinski definition) is 2. The Morgan fingerprint density at radius 2 is 0.966 bits per heavy atom. The highest BCUT2D eigenvalue weighted by Gasteiger charge is 2.13. The van der Waals surface area contributed by atoms with Crippen molar-refractivity contribution in [1.82, 2.24) is 0 Å². The van der Waals surface area contributed by atoms with Gasteiger partial charge in [0.25, 0.3) is 0 Å². The van der Waals surface area contributed by atoms with Gasteiger partial charge in [0.15, 0.2) is 0 Å². The average Bonchev–Trinajstić information content (AvgIpc) is 2.77. The average molecular weight is 388 g/mol. The van der Waals surface area contributed by atoms with Crippen molar-refractivity contribution in [2.45, 2.75) is 12.2 Å². The third-order valence-corrected chi connectivity index (χ3v) is 5.08. The van der Waals surface area contributed by atoms with E-state index in [0.29, 0.717) is 0 Å². The van der Waals surface area contributed by atoms with Crippen LogP contribution in [0.1, 0.15) is 23.3 Å². The lowest BCUT2D eigenvalue weighted by molar-refractivity contribution is -0.0977. The van der Waals surface area contributed by atoms with E-state index >= 15 is 0 Å². The van der Waals surface area contributed by atoms with Crippen molar-refractivity contribution in [1.29, 1.82) is 0 Å². The molecule has 0 fully saturated rings. The van der Waals surface area contributed by atoms with Gasteiger partial charge in [-0.25, -0.2) is 0 Å². The van der Waals surface area contributed by atoms with Crippen molar-refractivity contribution in [3.05, 3.63) is 96.1 Å². The first kappa shape index (κ1) is 19.6. The van der Waals surface area contributed by atoms with Crippen LogP contribution in [0.2, 0.25) is 0 Å². The van der Waals surface area contributed by atoms with Gasteiger partial charge in [0, 0.05) is 0 Å². The van der Waals surface area contributed by atoms with Crippen LogP contribution >= 0.6 is 0 Å². The maximum atomic E-state index is 10.5. The number of ether oxygens (including phenoxy) is 2. The van der Waals surface area contributed by atoms with Crippen LogP contribution in [0.5, 0.6) is 0 Å². The lowest BCUT2D eigenvalue weighted by Gasteiger charge is -2.16. The van der Waals surface area contributed by atoms with E-state index in [1.54, 1.807) is 0 Å². The molecular weight excluding hydrogens is 364 g/mol. The molecular formula is C25H24O4. The lowest BCUT2D eigenvalue weighted by atomic mass is 10.0. The second-order valence-electron chi connectivity index (χ2n) is 7.03. The Kier molecular flexibility index (Phi) is 6.17. The third kappa shape index (κ3) is 4.47. The number of fused-ring (bicyclic) bond motifs is 2. The van der Waals surface area contributed by atoms with E-state index in [-0.39, 0.29) is 20.0 Å². The molecule has 0 saturated heterocycles. The number of hydrogen-bond acceptors (Lipinski definition) is 4. The summed E-state index contributed by atoms with van der Waals surface area (Å²) in [7, 11) is 0. The van der Waals surface area contributed by atoms with Gasteiger partial charge >= 0.3 is 0 Å².